The highest BCUT2D eigenvalue weighted by Gasteiger charge is 2.34. The summed E-state index contributed by atoms with van der Waals surface area (Å²) >= 11 is 6.23. The van der Waals surface area contributed by atoms with Gasteiger partial charge in [-0.25, -0.2) is 0 Å². The molecule has 0 saturated carbocycles. The second kappa shape index (κ2) is 9.85. The molecule has 3 amide bonds. The summed E-state index contributed by atoms with van der Waals surface area (Å²) in [5.41, 5.74) is 2.05. The average Bonchev–Trinajstić information content (AvgIpc) is 3.20. The minimum atomic E-state index is -0.259. The van der Waals surface area contributed by atoms with E-state index in [-0.39, 0.29) is 43.4 Å². The number of benzene rings is 3. The molecule has 0 spiro atoms. The monoisotopic (exact) mass is 477 g/mol. The first kappa shape index (κ1) is 23.8. The molecule has 0 bridgehead atoms. The van der Waals surface area contributed by atoms with Crippen LogP contribution in [0.4, 0.5) is 5.69 Å². The second-order valence-corrected chi connectivity index (χ2v) is 9.45. The molecule has 176 valence electrons. The van der Waals surface area contributed by atoms with Crippen molar-refractivity contribution >= 4 is 45.8 Å². The van der Waals surface area contributed by atoms with Crippen molar-refractivity contribution in [2.45, 2.75) is 20.8 Å². The number of carbonyl (C=O) groups excluding carboxylic acids is 3. The van der Waals surface area contributed by atoms with E-state index in [1.54, 1.807) is 28.0 Å². The molecule has 0 radical (unpaired) electrons. The Morgan fingerprint density at radius 2 is 1.74 bits per heavy atom. The van der Waals surface area contributed by atoms with Crippen molar-refractivity contribution in [3.8, 4) is 0 Å². The second-order valence-electron chi connectivity index (χ2n) is 9.05. The quantitative estimate of drug-likeness (QED) is 0.515. The Labute approximate surface area is 204 Å². The maximum atomic E-state index is 13.5. The van der Waals surface area contributed by atoms with E-state index in [9.17, 15) is 14.4 Å². The summed E-state index contributed by atoms with van der Waals surface area (Å²) in [6.07, 6.45) is 0. The maximum Gasteiger partial charge on any atom is 0.254 e. The van der Waals surface area contributed by atoms with Gasteiger partial charge < -0.3 is 9.80 Å². The zero-order chi connectivity index (χ0) is 24.4. The van der Waals surface area contributed by atoms with Gasteiger partial charge in [-0.1, -0.05) is 67.9 Å². The summed E-state index contributed by atoms with van der Waals surface area (Å²) in [7, 11) is 0. The van der Waals surface area contributed by atoms with Gasteiger partial charge in [-0.2, -0.15) is 0 Å². The van der Waals surface area contributed by atoms with Crippen LogP contribution in [0.2, 0.25) is 5.02 Å². The molecule has 1 heterocycles. The van der Waals surface area contributed by atoms with Crippen molar-refractivity contribution in [1.29, 1.82) is 0 Å². The first-order valence-electron chi connectivity index (χ1n) is 11.4. The highest BCUT2D eigenvalue weighted by molar-refractivity contribution is 6.31. The largest absolute Gasteiger partial charge is 0.329 e. The summed E-state index contributed by atoms with van der Waals surface area (Å²) < 4.78 is 0. The molecule has 1 saturated heterocycles. The number of hydrogen-bond donors (Lipinski definition) is 0. The fourth-order valence-corrected chi connectivity index (χ4v) is 4.49. The molecular weight excluding hydrogens is 450 g/mol. The predicted octanol–water partition coefficient (Wildman–Crippen LogP) is 4.73. The van der Waals surface area contributed by atoms with E-state index in [1.165, 1.54) is 4.90 Å². The van der Waals surface area contributed by atoms with Crippen LogP contribution in [0.15, 0.2) is 60.7 Å². The standard InChI is InChI=1S/C27H28ClN3O3/c1-18(2)14-29(27(34)22-11-6-9-20-8-4-5-10-21(20)22)15-25(32)30-16-26(33)31(17-30)24-13-7-12-23(28)19(24)3/h4-13,18H,14-17H2,1-3H3. The van der Waals surface area contributed by atoms with Crippen molar-refractivity contribution in [2.75, 3.05) is 31.2 Å². The smallest absolute Gasteiger partial charge is 0.254 e. The van der Waals surface area contributed by atoms with Gasteiger partial charge in [0.25, 0.3) is 5.91 Å². The third-order valence-electron chi connectivity index (χ3n) is 6.04. The summed E-state index contributed by atoms with van der Waals surface area (Å²) in [6.45, 7) is 6.33. The van der Waals surface area contributed by atoms with E-state index >= 15 is 0 Å². The van der Waals surface area contributed by atoms with Gasteiger partial charge >= 0.3 is 0 Å². The number of rotatable bonds is 6. The van der Waals surface area contributed by atoms with Crippen LogP contribution >= 0.6 is 11.6 Å². The van der Waals surface area contributed by atoms with Crippen LogP contribution in [0.5, 0.6) is 0 Å². The SMILES string of the molecule is Cc1c(Cl)cccc1N1CN(C(=O)CN(CC(C)C)C(=O)c2cccc3ccccc23)CC1=O. The predicted molar refractivity (Wildman–Crippen MR) is 135 cm³/mol. The van der Waals surface area contributed by atoms with Crippen LogP contribution in [-0.2, 0) is 9.59 Å². The van der Waals surface area contributed by atoms with Crippen LogP contribution in [-0.4, -0.2) is 53.8 Å². The minimum Gasteiger partial charge on any atom is -0.329 e. The minimum absolute atomic E-state index is 0.0250. The van der Waals surface area contributed by atoms with E-state index in [2.05, 4.69) is 0 Å². The molecule has 1 aliphatic heterocycles. The lowest BCUT2D eigenvalue weighted by Gasteiger charge is -2.27. The van der Waals surface area contributed by atoms with Crippen molar-refractivity contribution in [3.63, 3.8) is 0 Å². The van der Waals surface area contributed by atoms with Crippen LogP contribution in [0.3, 0.4) is 0 Å². The Bertz CT molecular complexity index is 1250. The van der Waals surface area contributed by atoms with Gasteiger partial charge in [0, 0.05) is 22.8 Å². The van der Waals surface area contributed by atoms with Gasteiger partial charge in [-0.15, -0.1) is 0 Å². The average molecular weight is 478 g/mol. The molecule has 0 aromatic heterocycles. The van der Waals surface area contributed by atoms with Crippen LogP contribution < -0.4 is 4.90 Å². The Hall–Kier alpha value is -3.38. The van der Waals surface area contributed by atoms with Crippen molar-refractivity contribution < 1.29 is 14.4 Å². The van der Waals surface area contributed by atoms with E-state index in [4.69, 9.17) is 11.6 Å². The van der Waals surface area contributed by atoms with E-state index in [0.717, 1.165) is 16.3 Å². The normalized spacial score (nSPS) is 13.7. The lowest BCUT2D eigenvalue weighted by atomic mass is 10.0. The summed E-state index contributed by atoms with van der Waals surface area (Å²) in [6, 6.07) is 18.7. The van der Waals surface area contributed by atoms with Crippen molar-refractivity contribution in [3.05, 3.63) is 76.8 Å². The highest BCUT2D eigenvalue weighted by atomic mass is 35.5. The number of halogens is 1. The lowest BCUT2D eigenvalue weighted by molar-refractivity contribution is -0.132. The topological polar surface area (TPSA) is 60.9 Å². The van der Waals surface area contributed by atoms with Crippen LogP contribution in [0.1, 0.15) is 29.8 Å². The van der Waals surface area contributed by atoms with E-state index in [1.807, 2.05) is 63.2 Å². The molecule has 0 atom stereocenters. The molecule has 1 aliphatic rings. The molecule has 3 aromatic carbocycles. The number of anilines is 1. The Balaban J connectivity index is 1.55. The van der Waals surface area contributed by atoms with Crippen molar-refractivity contribution in [1.82, 2.24) is 9.80 Å². The third kappa shape index (κ3) is 4.77. The first-order chi connectivity index (χ1) is 16.3. The molecule has 6 nitrogen and oxygen atoms in total. The molecule has 3 aromatic rings. The molecule has 34 heavy (non-hydrogen) atoms. The summed E-state index contributed by atoms with van der Waals surface area (Å²) in [5, 5.41) is 2.40. The van der Waals surface area contributed by atoms with Crippen LogP contribution in [0, 0.1) is 12.8 Å². The number of hydrogen-bond acceptors (Lipinski definition) is 3. The Morgan fingerprint density at radius 1 is 1.03 bits per heavy atom. The fourth-order valence-electron chi connectivity index (χ4n) is 4.32. The van der Waals surface area contributed by atoms with Gasteiger partial charge in [-0.05, 0) is 47.4 Å². The summed E-state index contributed by atoms with van der Waals surface area (Å²) in [4.78, 5) is 44.2. The maximum absolute atomic E-state index is 13.5. The molecule has 0 N–H and O–H groups in total. The van der Waals surface area contributed by atoms with Crippen LogP contribution in [0.25, 0.3) is 10.8 Å². The zero-order valence-corrected chi connectivity index (χ0v) is 20.4. The van der Waals surface area contributed by atoms with E-state index in [0.29, 0.717) is 22.8 Å². The zero-order valence-electron chi connectivity index (χ0n) is 19.6. The Morgan fingerprint density at radius 3 is 2.50 bits per heavy atom. The number of carbonyl (C=O) groups is 3. The Kier molecular flexibility index (Phi) is 6.89. The third-order valence-corrected chi connectivity index (χ3v) is 6.45. The molecule has 0 unspecified atom stereocenters. The van der Waals surface area contributed by atoms with E-state index < -0.39 is 0 Å². The van der Waals surface area contributed by atoms with Gasteiger partial charge in [0.05, 0.1) is 0 Å². The fraction of sp³-hybridized carbons (Fsp3) is 0.296. The number of fused-ring (bicyclic) bond motifs is 1. The van der Waals surface area contributed by atoms with Gasteiger partial charge in [0.15, 0.2) is 0 Å². The van der Waals surface area contributed by atoms with Gasteiger partial charge in [-0.3, -0.25) is 19.3 Å². The number of amides is 3. The lowest BCUT2D eigenvalue weighted by Crippen LogP contribution is -2.44. The molecular formula is C27H28ClN3O3. The first-order valence-corrected chi connectivity index (χ1v) is 11.7. The molecule has 1 fully saturated rings. The summed E-state index contributed by atoms with van der Waals surface area (Å²) in [5.74, 6) is -0.441. The number of nitrogens with zero attached hydrogens (tertiary/aromatic N) is 3. The molecule has 4 rings (SSSR count). The highest BCUT2D eigenvalue weighted by Crippen LogP contribution is 2.29. The molecule has 7 heteroatoms. The van der Waals surface area contributed by atoms with Crippen molar-refractivity contribution in [2.24, 2.45) is 5.92 Å². The molecule has 0 aliphatic carbocycles. The van der Waals surface area contributed by atoms with Gasteiger partial charge in [0.1, 0.15) is 19.8 Å². The van der Waals surface area contributed by atoms with Gasteiger partial charge in [0.2, 0.25) is 11.8 Å².